The Labute approximate surface area is 162 Å². The van der Waals surface area contributed by atoms with Gasteiger partial charge in [-0.1, -0.05) is 12.1 Å². The molecule has 3 aromatic rings. The lowest BCUT2D eigenvalue weighted by atomic mass is 10.1. The molecule has 0 atom stereocenters. The van der Waals surface area contributed by atoms with Crippen LogP contribution in [0, 0.1) is 10.5 Å². The quantitative estimate of drug-likeness (QED) is 0.558. The van der Waals surface area contributed by atoms with Crippen LogP contribution in [-0.2, 0) is 0 Å². The zero-order valence-corrected chi connectivity index (χ0v) is 16.2. The number of nitrogens with one attached hydrogen (secondary N) is 2. The van der Waals surface area contributed by atoms with Gasteiger partial charge in [-0.15, -0.1) is 11.3 Å². The SMILES string of the molecule is Cc1cccc(C(=O)Nc2ccc(C(=O)Nc3nccs3)cc2)c1I. The number of aromatic nitrogens is 1. The Hall–Kier alpha value is -2.26. The average molecular weight is 463 g/mol. The second kappa shape index (κ2) is 7.75. The van der Waals surface area contributed by atoms with Crippen molar-refractivity contribution in [3.05, 3.63) is 74.3 Å². The maximum atomic E-state index is 12.4. The van der Waals surface area contributed by atoms with Crippen LogP contribution in [0.2, 0.25) is 0 Å². The number of hydrogen-bond acceptors (Lipinski definition) is 4. The zero-order valence-electron chi connectivity index (χ0n) is 13.2. The molecule has 1 heterocycles. The van der Waals surface area contributed by atoms with Crippen molar-refractivity contribution in [2.75, 3.05) is 10.6 Å². The molecule has 2 aromatic carbocycles. The van der Waals surface area contributed by atoms with Crippen LogP contribution < -0.4 is 10.6 Å². The standard InChI is InChI=1S/C18H14IN3O2S/c1-11-3-2-4-14(15(11)19)17(24)21-13-7-5-12(6-8-13)16(23)22-18-20-9-10-25-18/h2-10H,1H3,(H,21,24)(H,20,22,23). The zero-order chi connectivity index (χ0) is 17.8. The van der Waals surface area contributed by atoms with Gasteiger partial charge in [0.25, 0.3) is 11.8 Å². The van der Waals surface area contributed by atoms with Gasteiger partial charge in [0.1, 0.15) is 0 Å². The van der Waals surface area contributed by atoms with E-state index in [1.807, 2.05) is 19.1 Å². The minimum absolute atomic E-state index is 0.173. The van der Waals surface area contributed by atoms with E-state index in [4.69, 9.17) is 0 Å². The summed E-state index contributed by atoms with van der Waals surface area (Å²) in [5.41, 5.74) is 2.82. The van der Waals surface area contributed by atoms with Gasteiger partial charge in [0.2, 0.25) is 0 Å². The Bertz CT molecular complexity index is 909. The number of benzene rings is 2. The molecule has 25 heavy (non-hydrogen) atoms. The summed E-state index contributed by atoms with van der Waals surface area (Å²) in [5, 5.41) is 7.92. The predicted octanol–water partition coefficient (Wildman–Crippen LogP) is 4.56. The van der Waals surface area contributed by atoms with Gasteiger partial charge < -0.3 is 5.32 Å². The number of carbonyl (C=O) groups excluding carboxylic acids is 2. The molecule has 1 aromatic heterocycles. The molecule has 0 aliphatic carbocycles. The van der Waals surface area contributed by atoms with Crippen LogP contribution in [-0.4, -0.2) is 16.8 Å². The third-order valence-electron chi connectivity index (χ3n) is 3.49. The number of rotatable bonds is 4. The average Bonchev–Trinajstić information content (AvgIpc) is 3.11. The lowest BCUT2D eigenvalue weighted by molar-refractivity contribution is 0.101. The van der Waals surface area contributed by atoms with Gasteiger partial charge in [-0.3, -0.25) is 14.9 Å². The summed E-state index contributed by atoms with van der Waals surface area (Å²) in [5.74, 6) is -0.408. The fraction of sp³-hybridized carbons (Fsp3) is 0.0556. The molecular weight excluding hydrogens is 449 g/mol. The highest BCUT2D eigenvalue weighted by atomic mass is 127. The first-order valence-corrected chi connectivity index (χ1v) is 9.38. The minimum Gasteiger partial charge on any atom is -0.322 e. The number of amides is 2. The summed E-state index contributed by atoms with van der Waals surface area (Å²) >= 11 is 3.52. The van der Waals surface area contributed by atoms with E-state index in [1.54, 1.807) is 41.9 Å². The minimum atomic E-state index is -0.235. The maximum Gasteiger partial charge on any atom is 0.257 e. The molecule has 0 bridgehead atoms. The van der Waals surface area contributed by atoms with Crippen molar-refractivity contribution < 1.29 is 9.59 Å². The molecule has 5 nitrogen and oxygen atoms in total. The molecular formula is C18H14IN3O2S. The summed E-state index contributed by atoms with van der Waals surface area (Å²) < 4.78 is 0.928. The summed E-state index contributed by atoms with van der Waals surface area (Å²) in [6.07, 6.45) is 1.63. The fourth-order valence-corrected chi connectivity index (χ4v) is 3.31. The lowest BCUT2D eigenvalue weighted by Gasteiger charge is -2.09. The lowest BCUT2D eigenvalue weighted by Crippen LogP contribution is -2.15. The van der Waals surface area contributed by atoms with E-state index < -0.39 is 0 Å². The highest BCUT2D eigenvalue weighted by Gasteiger charge is 2.12. The highest BCUT2D eigenvalue weighted by Crippen LogP contribution is 2.19. The summed E-state index contributed by atoms with van der Waals surface area (Å²) in [6, 6.07) is 12.4. The number of anilines is 2. The molecule has 0 radical (unpaired) electrons. The Morgan fingerprint density at radius 1 is 1.04 bits per heavy atom. The molecule has 0 aliphatic heterocycles. The first-order valence-electron chi connectivity index (χ1n) is 7.42. The van der Waals surface area contributed by atoms with E-state index >= 15 is 0 Å². The fourth-order valence-electron chi connectivity index (χ4n) is 2.18. The second-order valence-electron chi connectivity index (χ2n) is 5.26. The van der Waals surface area contributed by atoms with E-state index in [-0.39, 0.29) is 11.8 Å². The number of hydrogen-bond donors (Lipinski definition) is 2. The third-order valence-corrected chi connectivity index (χ3v) is 5.61. The summed E-state index contributed by atoms with van der Waals surface area (Å²) in [4.78, 5) is 28.5. The Balaban J connectivity index is 1.69. The molecule has 2 N–H and O–H groups in total. The smallest absolute Gasteiger partial charge is 0.257 e. The third kappa shape index (κ3) is 4.23. The number of halogens is 1. The van der Waals surface area contributed by atoms with Gasteiger partial charge in [0.15, 0.2) is 5.13 Å². The van der Waals surface area contributed by atoms with Crippen LogP contribution in [0.1, 0.15) is 26.3 Å². The van der Waals surface area contributed by atoms with Crippen molar-refractivity contribution in [3.63, 3.8) is 0 Å². The molecule has 0 fully saturated rings. The molecule has 0 unspecified atom stereocenters. The second-order valence-corrected chi connectivity index (χ2v) is 7.23. The highest BCUT2D eigenvalue weighted by molar-refractivity contribution is 14.1. The Kier molecular flexibility index (Phi) is 5.44. The number of thiazole rings is 1. The molecule has 0 saturated carbocycles. The van der Waals surface area contributed by atoms with E-state index in [9.17, 15) is 9.59 Å². The normalized spacial score (nSPS) is 10.3. The first-order chi connectivity index (χ1) is 12.0. The molecule has 0 spiro atoms. The Morgan fingerprint density at radius 3 is 2.48 bits per heavy atom. The van der Waals surface area contributed by atoms with Gasteiger partial charge in [0.05, 0.1) is 5.56 Å². The number of carbonyl (C=O) groups is 2. The van der Waals surface area contributed by atoms with Crippen molar-refractivity contribution in [3.8, 4) is 0 Å². The summed E-state index contributed by atoms with van der Waals surface area (Å²) in [7, 11) is 0. The number of nitrogens with zero attached hydrogens (tertiary/aromatic N) is 1. The van der Waals surface area contributed by atoms with Crippen LogP contribution >= 0.6 is 33.9 Å². The van der Waals surface area contributed by atoms with Gasteiger partial charge in [-0.2, -0.15) is 0 Å². The van der Waals surface area contributed by atoms with E-state index in [0.29, 0.717) is 21.9 Å². The largest absolute Gasteiger partial charge is 0.322 e. The number of aryl methyl sites for hydroxylation is 1. The van der Waals surface area contributed by atoms with Crippen LogP contribution in [0.15, 0.2) is 54.0 Å². The first kappa shape index (κ1) is 17.6. The molecule has 0 aliphatic rings. The van der Waals surface area contributed by atoms with Crippen LogP contribution in [0.4, 0.5) is 10.8 Å². The molecule has 7 heteroatoms. The van der Waals surface area contributed by atoms with Gasteiger partial charge >= 0.3 is 0 Å². The molecule has 126 valence electrons. The van der Waals surface area contributed by atoms with E-state index in [1.165, 1.54) is 11.3 Å². The van der Waals surface area contributed by atoms with E-state index in [2.05, 4.69) is 38.2 Å². The van der Waals surface area contributed by atoms with Gasteiger partial charge in [-0.25, -0.2) is 4.98 Å². The van der Waals surface area contributed by atoms with Crippen molar-refractivity contribution in [1.82, 2.24) is 4.98 Å². The van der Waals surface area contributed by atoms with Crippen molar-refractivity contribution >= 4 is 56.6 Å². The summed E-state index contributed by atoms with van der Waals surface area (Å²) in [6.45, 7) is 1.97. The van der Waals surface area contributed by atoms with Gasteiger partial charge in [0, 0.05) is 26.4 Å². The van der Waals surface area contributed by atoms with Crippen LogP contribution in [0.3, 0.4) is 0 Å². The maximum absolute atomic E-state index is 12.4. The van der Waals surface area contributed by atoms with E-state index in [0.717, 1.165) is 9.13 Å². The molecule has 2 amide bonds. The molecule has 3 rings (SSSR count). The monoisotopic (exact) mass is 463 g/mol. The topological polar surface area (TPSA) is 71.1 Å². The van der Waals surface area contributed by atoms with Crippen LogP contribution in [0.5, 0.6) is 0 Å². The van der Waals surface area contributed by atoms with Gasteiger partial charge in [-0.05, 0) is 65.4 Å². The predicted molar refractivity (Wildman–Crippen MR) is 108 cm³/mol. The molecule has 0 saturated heterocycles. The van der Waals surface area contributed by atoms with Crippen molar-refractivity contribution in [2.45, 2.75) is 6.92 Å². The van der Waals surface area contributed by atoms with Crippen molar-refractivity contribution in [2.24, 2.45) is 0 Å². The van der Waals surface area contributed by atoms with Crippen molar-refractivity contribution in [1.29, 1.82) is 0 Å². The van der Waals surface area contributed by atoms with Crippen LogP contribution in [0.25, 0.3) is 0 Å². The Morgan fingerprint density at radius 2 is 1.80 bits per heavy atom.